The fourth-order valence-electron chi connectivity index (χ4n) is 5.92. The number of amides is 1. The molecule has 49 heavy (non-hydrogen) atoms. The molecule has 1 aliphatic heterocycles. The average molecular weight is 683 g/mol. The molecule has 0 spiro atoms. The minimum absolute atomic E-state index is 0.125. The molecule has 3 aromatic carbocycles. The van der Waals surface area contributed by atoms with Crippen LogP contribution in [0.5, 0.6) is 5.75 Å². The third kappa shape index (κ3) is 10.2. The van der Waals surface area contributed by atoms with Crippen LogP contribution in [-0.4, -0.2) is 52.6 Å². The van der Waals surface area contributed by atoms with E-state index in [1.165, 1.54) is 0 Å². The van der Waals surface area contributed by atoms with Gasteiger partial charge in [0.15, 0.2) is 0 Å². The van der Waals surface area contributed by atoms with Gasteiger partial charge in [0.05, 0.1) is 35.2 Å². The molecule has 1 atom stereocenters. The Labute approximate surface area is 294 Å². The fourth-order valence-corrected chi connectivity index (χ4v) is 7.04. The molecule has 4 aromatic rings. The largest absolute Gasteiger partial charge is 0.491 e. The van der Waals surface area contributed by atoms with Gasteiger partial charge in [-0.25, -0.2) is 4.98 Å². The number of unbranched alkanes of at least 4 members (excludes halogenated alkanes) is 1. The van der Waals surface area contributed by atoms with Crippen molar-refractivity contribution in [1.29, 1.82) is 0 Å². The van der Waals surface area contributed by atoms with Crippen LogP contribution in [0.15, 0.2) is 89.7 Å². The lowest BCUT2D eigenvalue weighted by Crippen LogP contribution is -2.29. The van der Waals surface area contributed by atoms with Crippen molar-refractivity contribution in [3.63, 3.8) is 0 Å². The van der Waals surface area contributed by atoms with Crippen LogP contribution in [0.3, 0.4) is 0 Å². The summed E-state index contributed by atoms with van der Waals surface area (Å²) < 4.78 is 26.6. The maximum Gasteiger partial charge on any atom is 0.251 e. The van der Waals surface area contributed by atoms with E-state index in [1.54, 1.807) is 12.5 Å². The molecule has 9 heteroatoms. The van der Waals surface area contributed by atoms with Gasteiger partial charge in [0, 0.05) is 54.3 Å². The SMILES string of the molecule is CCCCOCCOc1ccc(-c2ccc3c(c2)C=C(C(=O)Nc2ccc([S@@](=O)Cc4cncn4CCC)cc2)CCN3CC(C)C)cc1. The zero-order chi connectivity index (χ0) is 34.6. The smallest absolute Gasteiger partial charge is 0.251 e. The van der Waals surface area contributed by atoms with E-state index in [4.69, 9.17) is 9.47 Å². The first-order chi connectivity index (χ1) is 23.8. The number of imidazole rings is 1. The summed E-state index contributed by atoms with van der Waals surface area (Å²) in [4.78, 5) is 21.0. The molecule has 0 aliphatic carbocycles. The Kier molecular flexibility index (Phi) is 13.2. The van der Waals surface area contributed by atoms with Gasteiger partial charge in [-0.1, -0.05) is 52.3 Å². The Morgan fingerprint density at radius 3 is 2.47 bits per heavy atom. The lowest BCUT2D eigenvalue weighted by atomic mass is 10.00. The second-order valence-corrected chi connectivity index (χ2v) is 14.4. The molecule has 0 bridgehead atoms. The fraction of sp³-hybridized carbons (Fsp3) is 0.400. The van der Waals surface area contributed by atoms with Crippen molar-refractivity contribution in [3.05, 3.63) is 96.1 Å². The highest BCUT2D eigenvalue weighted by molar-refractivity contribution is 7.84. The summed E-state index contributed by atoms with van der Waals surface area (Å²) in [5.41, 5.74) is 6.69. The number of carbonyl (C=O) groups is 1. The number of aromatic nitrogens is 2. The third-order valence-corrected chi connectivity index (χ3v) is 9.83. The molecular formula is C40H50N4O4S. The molecule has 0 saturated carbocycles. The van der Waals surface area contributed by atoms with Gasteiger partial charge in [0.25, 0.3) is 5.91 Å². The van der Waals surface area contributed by atoms with Crippen molar-refractivity contribution < 1.29 is 18.5 Å². The number of aryl methyl sites for hydroxylation is 1. The molecule has 1 amide bonds. The molecule has 8 nitrogen and oxygen atoms in total. The Hall–Kier alpha value is -4.21. The van der Waals surface area contributed by atoms with Crippen molar-refractivity contribution >= 4 is 34.2 Å². The predicted octanol–water partition coefficient (Wildman–Crippen LogP) is 8.35. The van der Waals surface area contributed by atoms with Crippen molar-refractivity contribution in [3.8, 4) is 16.9 Å². The van der Waals surface area contributed by atoms with E-state index < -0.39 is 10.8 Å². The van der Waals surface area contributed by atoms with E-state index in [1.807, 2.05) is 42.5 Å². The number of anilines is 2. The van der Waals surface area contributed by atoms with E-state index >= 15 is 0 Å². The topological polar surface area (TPSA) is 85.7 Å². The molecule has 5 rings (SSSR count). The summed E-state index contributed by atoms with van der Waals surface area (Å²) in [6.45, 7) is 13.1. The highest BCUT2D eigenvalue weighted by Gasteiger charge is 2.21. The Bertz CT molecular complexity index is 1710. The van der Waals surface area contributed by atoms with E-state index in [2.05, 4.69) is 77.8 Å². The van der Waals surface area contributed by atoms with Crippen molar-refractivity contribution in [2.24, 2.45) is 5.92 Å². The molecule has 1 aliphatic rings. The summed E-state index contributed by atoms with van der Waals surface area (Å²) in [6, 6.07) is 22.0. The van der Waals surface area contributed by atoms with E-state index in [9.17, 15) is 9.00 Å². The van der Waals surface area contributed by atoms with Crippen molar-refractivity contribution in [2.45, 2.75) is 70.6 Å². The molecular weight excluding hydrogens is 633 g/mol. The molecule has 0 saturated heterocycles. The minimum atomic E-state index is -1.21. The predicted molar refractivity (Wildman–Crippen MR) is 200 cm³/mol. The number of carbonyl (C=O) groups excluding carboxylic acids is 1. The van der Waals surface area contributed by atoms with Crippen LogP contribution >= 0.6 is 0 Å². The standard InChI is InChI=1S/C40H50N4O4S/c1-5-7-21-47-22-23-48-37-13-8-31(9-14-37)32-10-17-39-34(24-32)25-33(18-20-43(39)27-30(3)4)40(45)42-35-11-15-38(16-12-35)49(46)28-36-26-41-29-44(36)19-6-2/h8-17,24-26,29-30H,5-7,18-23,27-28H2,1-4H3,(H,42,45)/t49-/m0/s1. The highest BCUT2D eigenvalue weighted by Crippen LogP contribution is 2.34. The van der Waals surface area contributed by atoms with Gasteiger partial charge >= 0.3 is 0 Å². The molecule has 0 unspecified atom stereocenters. The Morgan fingerprint density at radius 1 is 0.959 bits per heavy atom. The zero-order valence-electron chi connectivity index (χ0n) is 29.3. The molecule has 1 aromatic heterocycles. The van der Waals surface area contributed by atoms with Crippen LogP contribution in [0.2, 0.25) is 0 Å². The number of ether oxygens (including phenoxy) is 2. The van der Waals surface area contributed by atoms with Crippen molar-refractivity contribution in [1.82, 2.24) is 9.55 Å². The van der Waals surface area contributed by atoms with Crippen molar-refractivity contribution in [2.75, 3.05) is 43.1 Å². The summed E-state index contributed by atoms with van der Waals surface area (Å²) in [5, 5.41) is 3.09. The lowest BCUT2D eigenvalue weighted by molar-refractivity contribution is -0.112. The van der Waals surface area contributed by atoms with Gasteiger partial charge < -0.3 is 24.3 Å². The maximum atomic E-state index is 13.7. The normalized spacial score (nSPS) is 13.5. The molecule has 0 fully saturated rings. The first kappa shape index (κ1) is 36.1. The van der Waals surface area contributed by atoms with Crippen LogP contribution in [0, 0.1) is 5.92 Å². The summed E-state index contributed by atoms with van der Waals surface area (Å²) >= 11 is 0. The number of hydrogen-bond donors (Lipinski definition) is 1. The molecule has 0 radical (unpaired) electrons. The minimum Gasteiger partial charge on any atom is -0.491 e. The third-order valence-electron chi connectivity index (χ3n) is 8.47. The molecule has 1 N–H and O–H groups in total. The Morgan fingerprint density at radius 2 is 1.73 bits per heavy atom. The van der Waals surface area contributed by atoms with E-state index in [0.717, 1.165) is 89.8 Å². The number of rotatable bonds is 17. The molecule has 2 heterocycles. The molecule has 260 valence electrons. The van der Waals surface area contributed by atoms with Gasteiger partial charge in [-0.2, -0.15) is 0 Å². The van der Waals surface area contributed by atoms with Crippen LogP contribution in [0.4, 0.5) is 11.4 Å². The van der Waals surface area contributed by atoms with Gasteiger partial charge in [-0.15, -0.1) is 0 Å². The maximum absolute atomic E-state index is 13.7. The second kappa shape index (κ2) is 18.0. The van der Waals surface area contributed by atoms with Gasteiger partial charge in [-0.05, 0) is 96.5 Å². The summed E-state index contributed by atoms with van der Waals surface area (Å²) in [5.74, 6) is 1.57. The number of benzene rings is 3. The van der Waals surface area contributed by atoms with E-state index in [-0.39, 0.29) is 5.91 Å². The first-order valence-electron chi connectivity index (χ1n) is 17.5. The lowest BCUT2D eigenvalue weighted by Gasteiger charge is -2.27. The quantitative estimate of drug-likeness (QED) is 0.113. The van der Waals surface area contributed by atoms with Crippen LogP contribution in [0.25, 0.3) is 17.2 Å². The van der Waals surface area contributed by atoms with Crippen LogP contribution in [0.1, 0.15) is 64.6 Å². The summed E-state index contributed by atoms with van der Waals surface area (Å²) in [6.07, 6.45) is 9.42. The zero-order valence-corrected chi connectivity index (χ0v) is 30.1. The number of hydrogen-bond acceptors (Lipinski definition) is 6. The van der Waals surface area contributed by atoms with Gasteiger partial charge in [0.1, 0.15) is 12.4 Å². The van der Waals surface area contributed by atoms with Crippen LogP contribution < -0.4 is 15.0 Å². The Balaban J connectivity index is 1.28. The van der Waals surface area contributed by atoms with Crippen LogP contribution in [-0.2, 0) is 32.6 Å². The average Bonchev–Trinajstić information content (AvgIpc) is 3.45. The summed E-state index contributed by atoms with van der Waals surface area (Å²) in [7, 11) is -1.21. The number of nitrogens with one attached hydrogen (secondary N) is 1. The highest BCUT2D eigenvalue weighted by atomic mass is 32.2. The van der Waals surface area contributed by atoms with Gasteiger partial charge in [-0.3, -0.25) is 9.00 Å². The van der Waals surface area contributed by atoms with Gasteiger partial charge in [0.2, 0.25) is 0 Å². The first-order valence-corrected chi connectivity index (χ1v) is 18.9. The monoisotopic (exact) mass is 682 g/mol. The second-order valence-electron chi connectivity index (χ2n) is 12.9. The number of fused-ring (bicyclic) bond motifs is 1. The van der Waals surface area contributed by atoms with E-state index in [0.29, 0.717) is 37.0 Å². The number of nitrogens with zero attached hydrogens (tertiary/aromatic N) is 3.